The monoisotopic (exact) mass is 327 g/mol. The summed E-state index contributed by atoms with van der Waals surface area (Å²) < 4.78 is 6.16. The molecule has 0 amide bonds. The van der Waals surface area contributed by atoms with Gasteiger partial charge in [0.15, 0.2) is 5.60 Å². The molecule has 0 fully saturated rings. The van der Waals surface area contributed by atoms with Gasteiger partial charge in [0.2, 0.25) is 0 Å². The Morgan fingerprint density at radius 3 is 1.92 bits per heavy atom. The van der Waals surface area contributed by atoms with Gasteiger partial charge in [-0.05, 0) is 17.2 Å². The number of anilines is 1. The number of carbonyl (C=O) groups is 1. The van der Waals surface area contributed by atoms with Crippen molar-refractivity contribution in [2.24, 2.45) is 0 Å². The molecule has 3 aromatic carbocycles. The number of nitrogens with zero attached hydrogens (tertiary/aromatic N) is 1. The number of ether oxygens (including phenoxy) is 1. The van der Waals surface area contributed by atoms with E-state index in [2.05, 4.69) is 24.3 Å². The molecule has 0 atom stereocenters. The molecule has 3 aromatic rings. The Morgan fingerprint density at radius 2 is 1.32 bits per heavy atom. The molecule has 1 aliphatic heterocycles. The van der Waals surface area contributed by atoms with Gasteiger partial charge in [0.05, 0.1) is 11.3 Å². The molecule has 0 N–H and O–H groups in total. The second-order valence-electron chi connectivity index (χ2n) is 6.76. The lowest BCUT2D eigenvalue weighted by atomic mass is 9.83. The Kier molecular flexibility index (Phi) is 2.70. The van der Waals surface area contributed by atoms with E-state index in [4.69, 9.17) is 4.74 Å². The highest BCUT2D eigenvalue weighted by atomic mass is 16.6. The molecule has 0 saturated carbocycles. The maximum atomic E-state index is 12.9. The van der Waals surface area contributed by atoms with Gasteiger partial charge in [-0.1, -0.05) is 60.7 Å². The maximum Gasteiger partial charge on any atom is 0.342 e. The third-order valence-electron chi connectivity index (χ3n) is 5.26. The van der Waals surface area contributed by atoms with Crippen molar-refractivity contribution in [2.75, 3.05) is 19.0 Å². The van der Waals surface area contributed by atoms with Gasteiger partial charge in [0.1, 0.15) is 0 Å². The van der Waals surface area contributed by atoms with E-state index < -0.39 is 5.60 Å². The van der Waals surface area contributed by atoms with Gasteiger partial charge in [-0.3, -0.25) is 0 Å². The third-order valence-corrected chi connectivity index (χ3v) is 5.26. The SMILES string of the molecule is CN(C)c1cccc2c1C(=O)OC21c2ccccc2-c2ccccc21. The van der Waals surface area contributed by atoms with E-state index in [1.54, 1.807) is 0 Å². The fourth-order valence-corrected chi connectivity index (χ4v) is 4.26. The number of benzene rings is 3. The largest absolute Gasteiger partial charge is 0.440 e. The molecule has 0 aromatic heterocycles. The lowest BCUT2D eigenvalue weighted by Gasteiger charge is -2.26. The summed E-state index contributed by atoms with van der Waals surface area (Å²) in [6, 6.07) is 22.4. The van der Waals surface area contributed by atoms with Crippen LogP contribution in [0.15, 0.2) is 66.7 Å². The molecule has 0 bridgehead atoms. The van der Waals surface area contributed by atoms with Gasteiger partial charge < -0.3 is 9.64 Å². The van der Waals surface area contributed by atoms with Crippen molar-refractivity contribution < 1.29 is 9.53 Å². The number of fused-ring (bicyclic) bond motifs is 7. The molecule has 122 valence electrons. The summed E-state index contributed by atoms with van der Waals surface area (Å²) in [7, 11) is 3.90. The summed E-state index contributed by atoms with van der Waals surface area (Å²) in [6.45, 7) is 0. The highest BCUT2D eigenvalue weighted by Gasteiger charge is 2.54. The second-order valence-corrected chi connectivity index (χ2v) is 6.76. The van der Waals surface area contributed by atoms with Gasteiger partial charge in [0.25, 0.3) is 0 Å². The molecule has 3 heteroatoms. The zero-order chi connectivity index (χ0) is 17.2. The zero-order valence-corrected chi connectivity index (χ0v) is 14.1. The molecular formula is C22H17NO2. The van der Waals surface area contributed by atoms with Crippen molar-refractivity contribution in [3.05, 3.63) is 89.0 Å². The number of rotatable bonds is 1. The maximum absolute atomic E-state index is 12.9. The van der Waals surface area contributed by atoms with E-state index in [9.17, 15) is 4.79 Å². The standard InChI is InChI=1S/C22H17NO2/c1-23(2)19-13-7-12-18-20(19)21(24)25-22(18)16-10-5-3-8-14(16)15-9-4-6-11-17(15)22/h3-13H,1-2H3. The first-order chi connectivity index (χ1) is 12.1. The summed E-state index contributed by atoms with van der Waals surface area (Å²) in [5.41, 5.74) is 5.99. The lowest BCUT2D eigenvalue weighted by Crippen LogP contribution is -2.26. The Balaban J connectivity index is 1.92. The normalized spacial score (nSPS) is 15.5. The zero-order valence-electron chi connectivity index (χ0n) is 14.1. The Morgan fingerprint density at radius 1 is 0.760 bits per heavy atom. The second kappa shape index (κ2) is 4.73. The van der Waals surface area contributed by atoms with Crippen molar-refractivity contribution in [2.45, 2.75) is 5.60 Å². The summed E-state index contributed by atoms with van der Waals surface area (Å²) in [4.78, 5) is 14.9. The van der Waals surface area contributed by atoms with E-state index in [0.717, 1.165) is 33.5 Å². The van der Waals surface area contributed by atoms with Gasteiger partial charge in [0, 0.05) is 30.8 Å². The highest BCUT2D eigenvalue weighted by Crippen LogP contribution is 2.57. The molecule has 2 aliphatic rings. The Labute approximate surface area is 146 Å². The van der Waals surface area contributed by atoms with E-state index in [0.29, 0.717) is 5.56 Å². The van der Waals surface area contributed by atoms with Crippen LogP contribution in [0.5, 0.6) is 0 Å². The number of hydrogen-bond donors (Lipinski definition) is 0. The molecule has 1 aliphatic carbocycles. The molecule has 5 rings (SSSR count). The minimum atomic E-state index is -0.842. The van der Waals surface area contributed by atoms with Gasteiger partial charge >= 0.3 is 5.97 Å². The quantitative estimate of drug-likeness (QED) is 0.628. The summed E-state index contributed by atoms with van der Waals surface area (Å²) >= 11 is 0. The Bertz CT molecular complexity index is 990. The molecule has 1 heterocycles. The summed E-state index contributed by atoms with van der Waals surface area (Å²) in [5.74, 6) is -0.259. The lowest BCUT2D eigenvalue weighted by molar-refractivity contribution is 0.0265. The molecule has 1 spiro atoms. The molecule has 25 heavy (non-hydrogen) atoms. The molecular weight excluding hydrogens is 310 g/mol. The van der Waals surface area contributed by atoms with Crippen LogP contribution in [0, 0.1) is 0 Å². The van der Waals surface area contributed by atoms with Crippen molar-refractivity contribution in [1.82, 2.24) is 0 Å². The van der Waals surface area contributed by atoms with E-state index in [-0.39, 0.29) is 5.97 Å². The first kappa shape index (κ1) is 14.3. The van der Waals surface area contributed by atoms with Crippen molar-refractivity contribution in [3.8, 4) is 11.1 Å². The van der Waals surface area contributed by atoms with Crippen LogP contribution >= 0.6 is 0 Å². The smallest absolute Gasteiger partial charge is 0.342 e. The van der Waals surface area contributed by atoms with Crippen molar-refractivity contribution in [1.29, 1.82) is 0 Å². The van der Waals surface area contributed by atoms with Crippen LogP contribution in [-0.2, 0) is 10.3 Å². The minimum absolute atomic E-state index is 0.259. The predicted molar refractivity (Wildman–Crippen MR) is 97.9 cm³/mol. The van der Waals surface area contributed by atoms with E-state index >= 15 is 0 Å². The number of hydrogen-bond acceptors (Lipinski definition) is 3. The van der Waals surface area contributed by atoms with E-state index in [1.807, 2.05) is 61.5 Å². The van der Waals surface area contributed by atoms with Crippen LogP contribution in [0.25, 0.3) is 11.1 Å². The van der Waals surface area contributed by atoms with Crippen LogP contribution in [0.2, 0.25) is 0 Å². The van der Waals surface area contributed by atoms with Crippen LogP contribution in [0.1, 0.15) is 27.0 Å². The Hall–Kier alpha value is -3.07. The van der Waals surface area contributed by atoms with Crippen molar-refractivity contribution in [3.63, 3.8) is 0 Å². The fraction of sp³-hybridized carbons (Fsp3) is 0.136. The average molecular weight is 327 g/mol. The predicted octanol–water partition coefficient (Wildman–Crippen LogP) is 4.20. The van der Waals surface area contributed by atoms with Gasteiger partial charge in [-0.15, -0.1) is 0 Å². The molecule has 0 saturated heterocycles. The molecule has 3 nitrogen and oxygen atoms in total. The topological polar surface area (TPSA) is 29.5 Å². The molecule has 0 unspecified atom stereocenters. The number of carbonyl (C=O) groups excluding carboxylic acids is 1. The van der Waals surface area contributed by atoms with Crippen LogP contribution in [0.4, 0.5) is 5.69 Å². The average Bonchev–Trinajstić information content (AvgIpc) is 3.10. The highest BCUT2D eigenvalue weighted by molar-refractivity contribution is 6.03. The molecule has 0 radical (unpaired) electrons. The van der Waals surface area contributed by atoms with Crippen LogP contribution in [-0.4, -0.2) is 20.1 Å². The first-order valence-electron chi connectivity index (χ1n) is 8.38. The fourth-order valence-electron chi connectivity index (χ4n) is 4.26. The summed E-state index contributed by atoms with van der Waals surface area (Å²) in [5, 5.41) is 0. The van der Waals surface area contributed by atoms with Crippen LogP contribution in [0.3, 0.4) is 0 Å². The minimum Gasteiger partial charge on any atom is -0.440 e. The van der Waals surface area contributed by atoms with Crippen LogP contribution < -0.4 is 4.90 Å². The van der Waals surface area contributed by atoms with E-state index in [1.165, 1.54) is 0 Å². The third kappa shape index (κ3) is 1.63. The summed E-state index contributed by atoms with van der Waals surface area (Å²) in [6.07, 6.45) is 0. The van der Waals surface area contributed by atoms with Gasteiger partial charge in [-0.25, -0.2) is 4.79 Å². The van der Waals surface area contributed by atoms with Crippen molar-refractivity contribution >= 4 is 11.7 Å². The first-order valence-corrected chi connectivity index (χ1v) is 8.38. The number of esters is 1. The van der Waals surface area contributed by atoms with Gasteiger partial charge in [-0.2, -0.15) is 0 Å².